The van der Waals surface area contributed by atoms with E-state index in [1.165, 1.54) is 25.7 Å². The number of hydrogen-bond donors (Lipinski definition) is 5. The monoisotopic (exact) mass is 870 g/mol. The molecule has 0 spiro atoms. The van der Waals surface area contributed by atoms with Gasteiger partial charge in [0.1, 0.15) is 12.6 Å². The van der Waals surface area contributed by atoms with Crippen LogP contribution >= 0.6 is 7.82 Å². The van der Waals surface area contributed by atoms with Crippen LogP contribution in [0.25, 0.3) is 0 Å². The number of nitrogens with two attached hydrogens (primary N) is 1. The zero-order valence-electron chi connectivity index (χ0n) is 36.8. The van der Waals surface area contributed by atoms with E-state index in [0.717, 1.165) is 89.9 Å². The largest absolute Gasteiger partial charge is 0.480 e. The van der Waals surface area contributed by atoms with E-state index >= 15 is 0 Å². The molecule has 0 aromatic carbocycles. The third kappa shape index (κ3) is 38.1. The van der Waals surface area contributed by atoms with Crippen molar-refractivity contribution in [2.75, 3.05) is 19.8 Å². The van der Waals surface area contributed by atoms with E-state index in [1.807, 2.05) is 6.08 Å². The normalized spacial score (nSPS) is 15.3. The number of aliphatic hydroxyl groups is 2. The molecule has 1 unspecified atom stereocenters. The van der Waals surface area contributed by atoms with Crippen LogP contribution in [0.5, 0.6) is 0 Å². The molecule has 14 heteroatoms. The number of allylic oxidation sites excluding steroid dienone is 9. The molecule has 0 aliphatic carbocycles. The summed E-state index contributed by atoms with van der Waals surface area (Å²) in [6, 6.07) is -1.55. The van der Waals surface area contributed by atoms with Gasteiger partial charge in [-0.3, -0.25) is 23.4 Å². The Hall–Kier alpha value is -2.90. The number of aliphatic hydroxyl groups excluding tert-OH is 2. The summed E-state index contributed by atoms with van der Waals surface area (Å²) in [6.45, 7) is 2.52. The maximum Gasteiger partial charge on any atom is 0.472 e. The van der Waals surface area contributed by atoms with E-state index in [-0.39, 0.29) is 12.8 Å². The number of carboxylic acids is 1. The Morgan fingerprint density at radius 1 is 0.583 bits per heavy atom. The standard InChI is InChI=1S/C46H80NO12P/c1-3-5-7-9-11-12-13-14-15-16-17-18-19-20-21-22-23-27-32-36-45(51)59-40(38-57-60(54,55)58-39-41(47)46(52)53)37-56-44(50)35-31-28-24-26-30-34-43(49)42(48)33-29-25-10-8-6-4-2/h11-12,14-15,17-18,20-21,25,29,40-43,48-49H,3-10,13,16,19,22-24,26-28,30-39,47H2,1-2H3,(H,52,53)(H,54,55)/b12-11-,15-14-,18-17-,21-20-,29-25-/t40-,41+,42-,43-/m1/s1. The van der Waals surface area contributed by atoms with Crippen molar-refractivity contribution in [1.82, 2.24) is 0 Å². The fourth-order valence-electron chi connectivity index (χ4n) is 5.72. The van der Waals surface area contributed by atoms with Gasteiger partial charge >= 0.3 is 25.7 Å². The lowest BCUT2D eigenvalue weighted by Crippen LogP contribution is -2.34. The topological polar surface area (TPSA) is 212 Å². The minimum atomic E-state index is -4.77. The minimum absolute atomic E-state index is 0.0893. The van der Waals surface area contributed by atoms with Gasteiger partial charge in [0.05, 0.1) is 25.4 Å². The third-order valence-electron chi connectivity index (χ3n) is 9.44. The fraction of sp³-hybridized carbons (Fsp3) is 0.717. The Morgan fingerprint density at radius 3 is 1.62 bits per heavy atom. The molecule has 346 valence electrons. The first-order valence-corrected chi connectivity index (χ1v) is 24.0. The summed E-state index contributed by atoms with van der Waals surface area (Å²) in [5, 5.41) is 29.3. The van der Waals surface area contributed by atoms with Gasteiger partial charge in [0.15, 0.2) is 6.10 Å². The molecule has 0 aliphatic rings. The summed E-state index contributed by atoms with van der Waals surface area (Å²) in [4.78, 5) is 46.0. The number of rotatable bonds is 41. The van der Waals surface area contributed by atoms with Crippen LogP contribution in [0.2, 0.25) is 0 Å². The summed E-state index contributed by atoms with van der Waals surface area (Å²) >= 11 is 0. The smallest absolute Gasteiger partial charge is 0.472 e. The first-order chi connectivity index (χ1) is 28.9. The van der Waals surface area contributed by atoms with Crippen LogP contribution in [0.15, 0.2) is 60.8 Å². The molecule has 5 atom stereocenters. The molecule has 0 bridgehead atoms. The number of aliphatic carboxylic acids is 1. The first kappa shape index (κ1) is 57.1. The van der Waals surface area contributed by atoms with Crippen LogP contribution in [0, 0.1) is 0 Å². The van der Waals surface area contributed by atoms with E-state index in [4.69, 9.17) is 24.8 Å². The number of hydrogen-bond acceptors (Lipinski definition) is 11. The van der Waals surface area contributed by atoms with Crippen molar-refractivity contribution in [2.24, 2.45) is 5.73 Å². The molecule has 0 aliphatic heterocycles. The number of carbonyl (C=O) groups is 3. The Bertz CT molecular complexity index is 1280. The molecule has 60 heavy (non-hydrogen) atoms. The number of phosphoric ester groups is 1. The maximum absolute atomic E-state index is 12.6. The van der Waals surface area contributed by atoms with Crippen molar-refractivity contribution < 1.29 is 57.7 Å². The van der Waals surface area contributed by atoms with Gasteiger partial charge in [-0.05, 0) is 83.5 Å². The van der Waals surface area contributed by atoms with Gasteiger partial charge in [-0.2, -0.15) is 0 Å². The highest BCUT2D eigenvalue weighted by Gasteiger charge is 2.28. The lowest BCUT2D eigenvalue weighted by Gasteiger charge is -2.20. The summed E-state index contributed by atoms with van der Waals surface area (Å²) < 4.78 is 32.6. The van der Waals surface area contributed by atoms with Crippen LogP contribution in [0.4, 0.5) is 0 Å². The highest BCUT2D eigenvalue weighted by molar-refractivity contribution is 7.47. The second kappa shape index (κ2) is 40.2. The molecule has 6 N–H and O–H groups in total. The Balaban J connectivity index is 4.54. The van der Waals surface area contributed by atoms with E-state index in [2.05, 4.69) is 73.1 Å². The SMILES string of the molecule is CCCCC/C=C\C/C=C\C/C=C\C/C=C\CCCCCC(=O)O[C@H](COC(=O)CCCCCCC[C@@H](O)[C@H](O)C/C=C\CCCCC)COP(=O)(O)OC[C@H](N)C(=O)O. The number of phosphoric acid groups is 1. The summed E-state index contributed by atoms with van der Waals surface area (Å²) in [7, 11) is -4.77. The van der Waals surface area contributed by atoms with Gasteiger partial charge in [0, 0.05) is 12.8 Å². The van der Waals surface area contributed by atoms with Gasteiger partial charge in [0.25, 0.3) is 0 Å². The molecule has 0 saturated carbocycles. The molecular formula is C46H80NO12P. The molecule has 0 aromatic heterocycles. The highest BCUT2D eigenvalue weighted by atomic mass is 31.2. The lowest BCUT2D eigenvalue weighted by molar-refractivity contribution is -0.161. The fourth-order valence-corrected chi connectivity index (χ4v) is 6.50. The van der Waals surface area contributed by atoms with Gasteiger partial charge < -0.3 is 35.4 Å². The van der Waals surface area contributed by atoms with E-state index in [1.54, 1.807) is 0 Å². The van der Waals surface area contributed by atoms with Crippen molar-refractivity contribution in [3.8, 4) is 0 Å². The van der Waals surface area contributed by atoms with Crippen molar-refractivity contribution >= 4 is 25.7 Å². The average Bonchev–Trinajstić information content (AvgIpc) is 3.22. The van der Waals surface area contributed by atoms with Crippen LogP contribution < -0.4 is 5.73 Å². The first-order valence-electron chi connectivity index (χ1n) is 22.5. The molecule has 0 fully saturated rings. The average molecular weight is 870 g/mol. The number of carboxylic acid groups (broad SMARTS) is 1. The van der Waals surface area contributed by atoms with Gasteiger partial charge in [-0.25, -0.2) is 4.57 Å². The summed E-state index contributed by atoms with van der Waals surface area (Å²) in [5.74, 6) is -2.56. The summed E-state index contributed by atoms with van der Waals surface area (Å²) in [6.07, 6.45) is 38.7. The molecule has 0 saturated heterocycles. The number of esters is 2. The second-order valence-corrected chi connectivity index (χ2v) is 16.6. The number of ether oxygens (including phenoxy) is 2. The molecule has 0 rings (SSSR count). The lowest BCUT2D eigenvalue weighted by atomic mass is 10.0. The maximum atomic E-state index is 12.6. The number of carbonyl (C=O) groups excluding carboxylic acids is 2. The van der Waals surface area contributed by atoms with Gasteiger partial charge in [-0.15, -0.1) is 0 Å². The summed E-state index contributed by atoms with van der Waals surface area (Å²) in [5.41, 5.74) is 5.32. The van der Waals surface area contributed by atoms with Crippen molar-refractivity contribution in [2.45, 2.75) is 192 Å². The van der Waals surface area contributed by atoms with Crippen LogP contribution in [0.3, 0.4) is 0 Å². The van der Waals surface area contributed by atoms with E-state index in [9.17, 15) is 34.1 Å². The quantitative estimate of drug-likeness (QED) is 0.0168. The molecular weight excluding hydrogens is 789 g/mol. The minimum Gasteiger partial charge on any atom is -0.480 e. The predicted molar refractivity (Wildman–Crippen MR) is 238 cm³/mol. The van der Waals surface area contributed by atoms with Crippen LogP contribution in [-0.2, 0) is 37.5 Å². The zero-order valence-corrected chi connectivity index (χ0v) is 37.6. The van der Waals surface area contributed by atoms with Gasteiger partial charge in [0.2, 0.25) is 0 Å². The molecule has 13 nitrogen and oxygen atoms in total. The Morgan fingerprint density at radius 2 is 1.05 bits per heavy atom. The molecule has 0 radical (unpaired) electrons. The third-order valence-corrected chi connectivity index (χ3v) is 10.4. The molecule has 0 aromatic rings. The van der Waals surface area contributed by atoms with E-state index < -0.39 is 69.9 Å². The van der Waals surface area contributed by atoms with Crippen LogP contribution in [-0.4, -0.2) is 82.3 Å². The van der Waals surface area contributed by atoms with Gasteiger partial charge in [-0.1, -0.05) is 132 Å². The predicted octanol–water partition coefficient (Wildman–Crippen LogP) is 9.89. The number of unbranched alkanes of at least 4 members (excludes halogenated alkanes) is 13. The van der Waals surface area contributed by atoms with E-state index in [0.29, 0.717) is 25.7 Å². The van der Waals surface area contributed by atoms with Crippen molar-refractivity contribution in [3.05, 3.63) is 60.8 Å². The second-order valence-electron chi connectivity index (χ2n) is 15.1. The highest BCUT2D eigenvalue weighted by Crippen LogP contribution is 2.43. The van der Waals surface area contributed by atoms with Crippen LogP contribution in [0.1, 0.15) is 168 Å². The Kier molecular flexibility index (Phi) is 38.2. The van der Waals surface area contributed by atoms with Crippen molar-refractivity contribution in [1.29, 1.82) is 0 Å². The zero-order chi connectivity index (χ0) is 44.5. The molecule has 0 heterocycles. The van der Waals surface area contributed by atoms with Crippen molar-refractivity contribution in [3.63, 3.8) is 0 Å². The molecule has 0 amide bonds. The Labute approximate surface area is 361 Å².